The van der Waals surface area contributed by atoms with E-state index in [0.29, 0.717) is 31.8 Å². The lowest BCUT2D eigenvalue weighted by Gasteiger charge is -2.32. The summed E-state index contributed by atoms with van der Waals surface area (Å²) in [5, 5.41) is 4.14. The average molecular weight is 523 g/mol. The molecule has 1 aliphatic heterocycles. The third-order valence-electron chi connectivity index (χ3n) is 7.24. The van der Waals surface area contributed by atoms with Crippen LogP contribution in [0.1, 0.15) is 58.6 Å². The van der Waals surface area contributed by atoms with Crippen molar-refractivity contribution < 1.29 is 14.3 Å². The lowest BCUT2D eigenvalue weighted by atomic mass is 9.89. The Balaban J connectivity index is 1.23. The van der Waals surface area contributed by atoms with Gasteiger partial charge in [-0.25, -0.2) is 0 Å². The molecular formula is C32H34N4O3. The average Bonchev–Trinajstić information content (AvgIpc) is 3.38. The molecule has 0 aliphatic carbocycles. The number of para-hydroxylation sites is 2. The Bertz CT molecular complexity index is 1500. The first-order valence-electron chi connectivity index (χ1n) is 13.5. The Hall–Kier alpha value is -4.39. The summed E-state index contributed by atoms with van der Waals surface area (Å²) in [6.07, 6.45) is 6.97. The van der Waals surface area contributed by atoms with Gasteiger partial charge in [0.1, 0.15) is 5.75 Å². The SMILES string of the molecule is CCOc1ccccc1CNC(=O)c1ccc(C)nc1C1CCN(C(=O)/C=C/c2c[nH]c3ccccc23)CC1. The van der Waals surface area contributed by atoms with Crippen molar-refractivity contribution in [3.05, 3.63) is 101 Å². The van der Waals surface area contributed by atoms with E-state index < -0.39 is 0 Å². The highest BCUT2D eigenvalue weighted by atomic mass is 16.5. The van der Waals surface area contributed by atoms with Gasteiger partial charge in [0.2, 0.25) is 5.91 Å². The zero-order chi connectivity index (χ0) is 27.2. The number of pyridine rings is 1. The van der Waals surface area contributed by atoms with Crippen LogP contribution in [0.25, 0.3) is 17.0 Å². The van der Waals surface area contributed by atoms with Crippen LogP contribution in [0.5, 0.6) is 5.75 Å². The van der Waals surface area contributed by atoms with Crippen LogP contribution in [0.15, 0.2) is 72.9 Å². The van der Waals surface area contributed by atoms with Crippen LogP contribution in [0.2, 0.25) is 0 Å². The number of nitrogens with zero attached hydrogens (tertiary/aromatic N) is 2. The molecule has 7 nitrogen and oxygen atoms in total. The first-order chi connectivity index (χ1) is 19.0. The number of hydrogen-bond donors (Lipinski definition) is 2. The molecule has 0 unspecified atom stereocenters. The lowest BCUT2D eigenvalue weighted by molar-refractivity contribution is -0.127. The molecule has 0 bridgehead atoms. The molecule has 2 amide bonds. The first-order valence-corrected chi connectivity index (χ1v) is 13.5. The van der Waals surface area contributed by atoms with Crippen molar-refractivity contribution in [2.45, 2.75) is 39.2 Å². The Kier molecular flexibility index (Phi) is 8.06. The standard InChI is InChI=1S/C32H34N4O3/c1-3-39-29-11-7-4-8-25(29)21-34-32(38)27-14-12-22(2)35-31(27)23-16-18-36(19-17-23)30(37)15-13-24-20-33-28-10-6-5-9-26(24)28/h4-15,20,23,33H,3,16-19,21H2,1-2H3,(H,34,38)/b15-13+. The predicted molar refractivity (Wildman–Crippen MR) is 154 cm³/mol. The Morgan fingerprint density at radius 3 is 2.67 bits per heavy atom. The van der Waals surface area contributed by atoms with Gasteiger partial charge in [-0.3, -0.25) is 14.6 Å². The number of benzene rings is 2. The molecule has 5 rings (SSSR count). The summed E-state index contributed by atoms with van der Waals surface area (Å²) < 4.78 is 5.69. The number of ether oxygens (including phenoxy) is 1. The third kappa shape index (κ3) is 6.03. The molecule has 0 radical (unpaired) electrons. The number of carbonyl (C=O) groups excluding carboxylic acids is 2. The third-order valence-corrected chi connectivity index (χ3v) is 7.24. The Morgan fingerprint density at radius 2 is 1.85 bits per heavy atom. The number of carbonyl (C=O) groups is 2. The number of rotatable bonds is 8. The van der Waals surface area contributed by atoms with Crippen LogP contribution in [0.3, 0.4) is 0 Å². The topological polar surface area (TPSA) is 87.3 Å². The molecule has 3 heterocycles. The van der Waals surface area contributed by atoms with Crippen molar-refractivity contribution in [1.29, 1.82) is 0 Å². The number of piperidine rings is 1. The second-order valence-corrected chi connectivity index (χ2v) is 9.83. The second-order valence-electron chi connectivity index (χ2n) is 9.83. The number of fused-ring (bicyclic) bond motifs is 1. The molecule has 1 fully saturated rings. The highest BCUT2D eigenvalue weighted by Crippen LogP contribution is 2.30. The number of aromatic nitrogens is 2. The number of likely N-dealkylation sites (tertiary alicyclic amines) is 1. The van der Waals surface area contributed by atoms with Crippen molar-refractivity contribution >= 4 is 28.8 Å². The molecule has 200 valence electrons. The predicted octanol–water partition coefficient (Wildman–Crippen LogP) is 5.62. The van der Waals surface area contributed by atoms with Gasteiger partial charge in [-0.05, 0) is 62.6 Å². The first kappa shape index (κ1) is 26.2. The number of amides is 2. The minimum atomic E-state index is -0.149. The van der Waals surface area contributed by atoms with E-state index in [-0.39, 0.29) is 17.7 Å². The van der Waals surface area contributed by atoms with Gasteiger partial charge in [0.05, 0.1) is 17.9 Å². The zero-order valence-corrected chi connectivity index (χ0v) is 22.4. The van der Waals surface area contributed by atoms with E-state index in [9.17, 15) is 9.59 Å². The van der Waals surface area contributed by atoms with Crippen LogP contribution >= 0.6 is 0 Å². The fraction of sp³-hybridized carbons (Fsp3) is 0.281. The van der Waals surface area contributed by atoms with E-state index in [1.54, 1.807) is 6.08 Å². The Morgan fingerprint density at radius 1 is 1.08 bits per heavy atom. The van der Waals surface area contributed by atoms with Crippen molar-refractivity contribution in [3.63, 3.8) is 0 Å². The largest absolute Gasteiger partial charge is 0.494 e. The van der Waals surface area contributed by atoms with E-state index in [1.807, 2.05) is 91.7 Å². The van der Waals surface area contributed by atoms with E-state index in [1.165, 1.54) is 0 Å². The molecule has 39 heavy (non-hydrogen) atoms. The van der Waals surface area contributed by atoms with Gasteiger partial charge in [0.25, 0.3) is 5.91 Å². The van der Waals surface area contributed by atoms with E-state index in [4.69, 9.17) is 9.72 Å². The van der Waals surface area contributed by atoms with Gasteiger partial charge in [-0.2, -0.15) is 0 Å². The summed E-state index contributed by atoms with van der Waals surface area (Å²) in [6.45, 7) is 6.07. The minimum Gasteiger partial charge on any atom is -0.494 e. The number of nitrogens with one attached hydrogen (secondary N) is 2. The maximum Gasteiger partial charge on any atom is 0.253 e. The summed E-state index contributed by atoms with van der Waals surface area (Å²) in [7, 11) is 0. The van der Waals surface area contributed by atoms with Crippen LogP contribution in [0.4, 0.5) is 0 Å². The fourth-order valence-electron chi connectivity index (χ4n) is 5.17. The summed E-state index contributed by atoms with van der Waals surface area (Å²) in [5.74, 6) is 0.743. The molecule has 1 saturated heterocycles. The van der Waals surface area contributed by atoms with Gasteiger partial charge in [-0.15, -0.1) is 0 Å². The molecule has 2 N–H and O–H groups in total. The monoisotopic (exact) mass is 522 g/mol. The zero-order valence-electron chi connectivity index (χ0n) is 22.4. The summed E-state index contributed by atoms with van der Waals surface area (Å²) in [4.78, 5) is 36.1. The van der Waals surface area contributed by atoms with E-state index >= 15 is 0 Å². The van der Waals surface area contributed by atoms with Crippen LogP contribution in [-0.4, -0.2) is 46.4 Å². The normalized spacial score (nSPS) is 14.2. The summed E-state index contributed by atoms with van der Waals surface area (Å²) >= 11 is 0. The molecule has 2 aromatic heterocycles. The van der Waals surface area contributed by atoms with Crippen LogP contribution in [-0.2, 0) is 11.3 Å². The molecule has 1 aliphatic rings. The summed E-state index contributed by atoms with van der Waals surface area (Å²) in [5.41, 5.74) is 5.27. The van der Waals surface area contributed by atoms with Crippen LogP contribution < -0.4 is 10.1 Å². The fourth-order valence-corrected chi connectivity index (χ4v) is 5.17. The smallest absolute Gasteiger partial charge is 0.253 e. The second kappa shape index (κ2) is 12.0. The number of aryl methyl sites for hydroxylation is 1. The minimum absolute atomic E-state index is 0.00172. The molecule has 4 aromatic rings. The number of H-pyrrole nitrogens is 1. The van der Waals surface area contributed by atoms with Gasteiger partial charge in [-0.1, -0.05) is 36.4 Å². The van der Waals surface area contributed by atoms with Crippen LogP contribution in [0, 0.1) is 6.92 Å². The molecule has 0 saturated carbocycles. The lowest BCUT2D eigenvalue weighted by Crippen LogP contribution is -2.37. The number of aromatic amines is 1. The van der Waals surface area contributed by atoms with Gasteiger partial charge >= 0.3 is 0 Å². The molecule has 2 aromatic carbocycles. The molecule has 0 atom stereocenters. The van der Waals surface area contributed by atoms with Gasteiger partial charge in [0, 0.05) is 60.0 Å². The van der Waals surface area contributed by atoms with Gasteiger partial charge < -0.3 is 19.9 Å². The van der Waals surface area contributed by atoms with Crippen molar-refractivity contribution in [1.82, 2.24) is 20.2 Å². The van der Waals surface area contributed by atoms with Gasteiger partial charge in [0.15, 0.2) is 0 Å². The van der Waals surface area contributed by atoms with E-state index in [0.717, 1.165) is 52.0 Å². The van der Waals surface area contributed by atoms with E-state index in [2.05, 4.69) is 10.3 Å². The highest BCUT2D eigenvalue weighted by Gasteiger charge is 2.27. The molecular weight excluding hydrogens is 488 g/mol. The van der Waals surface area contributed by atoms with Crippen molar-refractivity contribution in [2.24, 2.45) is 0 Å². The molecule has 7 heteroatoms. The van der Waals surface area contributed by atoms with Crippen molar-refractivity contribution in [2.75, 3.05) is 19.7 Å². The Labute approximate surface area is 228 Å². The van der Waals surface area contributed by atoms with Crippen molar-refractivity contribution in [3.8, 4) is 5.75 Å². The quantitative estimate of drug-likeness (QED) is 0.294. The number of hydrogen-bond acceptors (Lipinski definition) is 4. The summed E-state index contributed by atoms with van der Waals surface area (Å²) in [6, 6.07) is 19.5. The maximum atomic E-state index is 13.3. The molecule has 0 spiro atoms. The maximum absolute atomic E-state index is 13.3. The highest BCUT2D eigenvalue weighted by molar-refractivity contribution is 5.97.